The maximum atomic E-state index is 13.3. The first-order valence-corrected chi connectivity index (χ1v) is 9.99. The summed E-state index contributed by atoms with van der Waals surface area (Å²) < 4.78 is 24.4. The molecule has 0 amide bonds. The molecule has 0 aliphatic carbocycles. The van der Waals surface area contributed by atoms with Crippen LogP contribution < -0.4 is 9.47 Å². The van der Waals surface area contributed by atoms with Gasteiger partial charge in [0, 0.05) is 19.6 Å². The number of aliphatic hydroxyl groups excluding tert-OH is 1. The van der Waals surface area contributed by atoms with Gasteiger partial charge in [0.25, 0.3) is 0 Å². The second kappa shape index (κ2) is 10.8. The zero-order chi connectivity index (χ0) is 21.3. The summed E-state index contributed by atoms with van der Waals surface area (Å²) in [6, 6.07) is 22.0. The van der Waals surface area contributed by atoms with Gasteiger partial charge in [-0.2, -0.15) is 0 Å². The smallest absolute Gasteiger partial charge is 0.123 e. The second-order valence-electron chi connectivity index (χ2n) is 7.38. The van der Waals surface area contributed by atoms with Crippen LogP contribution in [0, 0.1) is 12.7 Å². The average molecular weight is 410 g/mol. The number of halogens is 1. The lowest BCUT2D eigenvalue weighted by Gasteiger charge is -2.26. The van der Waals surface area contributed by atoms with E-state index in [4.69, 9.17) is 9.47 Å². The highest BCUT2D eigenvalue weighted by molar-refractivity contribution is 5.31. The molecule has 0 aliphatic heterocycles. The molecule has 0 bridgehead atoms. The molecule has 1 atom stereocenters. The van der Waals surface area contributed by atoms with Crippen molar-refractivity contribution in [1.82, 2.24) is 4.90 Å². The van der Waals surface area contributed by atoms with E-state index in [0.29, 0.717) is 19.6 Å². The third-order valence-electron chi connectivity index (χ3n) is 4.85. The largest absolute Gasteiger partial charge is 0.497 e. The molecular weight excluding hydrogens is 381 g/mol. The number of para-hydroxylation sites is 1. The molecule has 3 aromatic rings. The Morgan fingerprint density at radius 2 is 1.67 bits per heavy atom. The maximum absolute atomic E-state index is 13.3. The van der Waals surface area contributed by atoms with Crippen molar-refractivity contribution in [2.75, 3.05) is 20.3 Å². The summed E-state index contributed by atoms with van der Waals surface area (Å²) in [5, 5.41) is 10.6. The molecule has 0 radical (unpaired) electrons. The summed E-state index contributed by atoms with van der Waals surface area (Å²) in [6.07, 6.45) is -0.671. The van der Waals surface area contributed by atoms with Crippen molar-refractivity contribution in [3.8, 4) is 11.5 Å². The number of hydrogen-bond acceptors (Lipinski definition) is 4. The SMILES string of the molecule is COc1cccc(CN(Cc2ccc(F)cc2)C[C@H](O)COc2ccccc2C)c1. The van der Waals surface area contributed by atoms with Crippen molar-refractivity contribution in [2.24, 2.45) is 0 Å². The number of nitrogens with zero attached hydrogens (tertiary/aromatic N) is 1. The highest BCUT2D eigenvalue weighted by Gasteiger charge is 2.15. The first-order valence-electron chi connectivity index (χ1n) is 9.99. The number of hydrogen-bond donors (Lipinski definition) is 1. The van der Waals surface area contributed by atoms with Crippen LogP contribution in [0.2, 0.25) is 0 Å². The molecule has 30 heavy (non-hydrogen) atoms. The average Bonchev–Trinajstić information content (AvgIpc) is 2.75. The lowest BCUT2D eigenvalue weighted by atomic mass is 10.1. The van der Waals surface area contributed by atoms with Crippen LogP contribution >= 0.6 is 0 Å². The summed E-state index contributed by atoms with van der Waals surface area (Å²) in [6.45, 7) is 3.80. The minimum atomic E-state index is -0.671. The Hall–Kier alpha value is -2.89. The molecule has 1 N–H and O–H groups in total. The van der Waals surface area contributed by atoms with Gasteiger partial charge >= 0.3 is 0 Å². The minimum Gasteiger partial charge on any atom is -0.497 e. The van der Waals surface area contributed by atoms with Gasteiger partial charge in [-0.15, -0.1) is 0 Å². The van der Waals surface area contributed by atoms with Crippen LogP contribution in [0.25, 0.3) is 0 Å². The summed E-state index contributed by atoms with van der Waals surface area (Å²) in [5.41, 5.74) is 3.08. The van der Waals surface area contributed by atoms with Gasteiger partial charge < -0.3 is 14.6 Å². The summed E-state index contributed by atoms with van der Waals surface area (Å²) in [7, 11) is 1.64. The van der Waals surface area contributed by atoms with Crippen LogP contribution in [0.15, 0.2) is 72.8 Å². The summed E-state index contributed by atoms with van der Waals surface area (Å²) in [4.78, 5) is 2.12. The van der Waals surface area contributed by atoms with Crippen molar-refractivity contribution in [3.63, 3.8) is 0 Å². The standard InChI is InChI=1S/C25H28FNO3/c1-19-6-3-4-9-25(19)30-18-23(28)17-27(15-20-10-12-22(26)13-11-20)16-21-7-5-8-24(14-21)29-2/h3-14,23,28H,15-18H2,1-2H3/t23-/m0/s1. The van der Waals surface area contributed by atoms with Gasteiger partial charge in [-0.25, -0.2) is 4.39 Å². The van der Waals surface area contributed by atoms with Crippen LogP contribution in [-0.4, -0.2) is 36.4 Å². The molecule has 4 nitrogen and oxygen atoms in total. The van der Waals surface area contributed by atoms with E-state index in [-0.39, 0.29) is 12.4 Å². The van der Waals surface area contributed by atoms with Crippen LogP contribution in [0.4, 0.5) is 4.39 Å². The molecule has 3 rings (SSSR count). The Labute approximate surface area is 177 Å². The molecule has 0 heterocycles. The van der Waals surface area contributed by atoms with Gasteiger partial charge in [0.15, 0.2) is 0 Å². The summed E-state index contributed by atoms with van der Waals surface area (Å²) >= 11 is 0. The number of methoxy groups -OCH3 is 1. The number of benzene rings is 3. The third kappa shape index (κ3) is 6.58. The monoisotopic (exact) mass is 409 g/mol. The van der Waals surface area contributed by atoms with E-state index in [1.807, 2.05) is 55.5 Å². The number of aliphatic hydroxyl groups is 1. The highest BCUT2D eigenvalue weighted by atomic mass is 19.1. The lowest BCUT2D eigenvalue weighted by molar-refractivity contribution is 0.0626. The quantitative estimate of drug-likeness (QED) is 0.532. The van der Waals surface area contributed by atoms with Gasteiger partial charge in [-0.1, -0.05) is 42.5 Å². The topological polar surface area (TPSA) is 41.9 Å². The molecule has 0 saturated carbocycles. The zero-order valence-corrected chi connectivity index (χ0v) is 17.4. The predicted molar refractivity (Wildman–Crippen MR) is 116 cm³/mol. The molecule has 0 saturated heterocycles. The van der Waals surface area contributed by atoms with Gasteiger partial charge in [0.05, 0.1) is 7.11 Å². The van der Waals surface area contributed by atoms with Crippen LogP contribution in [-0.2, 0) is 13.1 Å². The normalized spacial score (nSPS) is 12.0. The Bertz CT molecular complexity index is 930. The fourth-order valence-electron chi connectivity index (χ4n) is 3.32. The van der Waals surface area contributed by atoms with E-state index in [1.165, 1.54) is 12.1 Å². The van der Waals surface area contributed by atoms with Gasteiger partial charge in [-0.3, -0.25) is 4.90 Å². The molecule has 0 unspecified atom stereocenters. The van der Waals surface area contributed by atoms with E-state index in [1.54, 1.807) is 19.2 Å². The molecule has 0 fully saturated rings. The fourth-order valence-corrected chi connectivity index (χ4v) is 3.32. The molecule has 158 valence electrons. The van der Waals surface area contributed by atoms with E-state index >= 15 is 0 Å². The van der Waals surface area contributed by atoms with Crippen molar-refractivity contribution in [3.05, 3.63) is 95.3 Å². The van der Waals surface area contributed by atoms with E-state index in [0.717, 1.165) is 28.2 Å². The Balaban J connectivity index is 1.67. The zero-order valence-electron chi connectivity index (χ0n) is 17.4. The second-order valence-corrected chi connectivity index (χ2v) is 7.38. The number of aryl methyl sites for hydroxylation is 1. The molecule has 3 aromatic carbocycles. The first kappa shape index (κ1) is 21.8. The number of rotatable bonds is 10. The molecule has 0 aromatic heterocycles. The maximum Gasteiger partial charge on any atom is 0.123 e. The van der Waals surface area contributed by atoms with Gasteiger partial charge in [0.1, 0.15) is 30.0 Å². The fraction of sp³-hybridized carbons (Fsp3) is 0.280. The van der Waals surface area contributed by atoms with E-state index < -0.39 is 6.10 Å². The van der Waals surface area contributed by atoms with Crippen molar-refractivity contribution in [2.45, 2.75) is 26.1 Å². The van der Waals surface area contributed by atoms with Crippen molar-refractivity contribution < 1.29 is 19.0 Å². The van der Waals surface area contributed by atoms with Crippen LogP contribution in [0.3, 0.4) is 0 Å². The predicted octanol–water partition coefficient (Wildman–Crippen LogP) is 4.58. The van der Waals surface area contributed by atoms with Gasteiger partial charge in [-0.05, 0) is 53.9 Å². The Morgan fingerprint density at radius 3 is 2.40 bits per heavy atom. The van der Waals surface area contributed by atoms with Crippen LogP contribution in [0.1, 0.15) is 16.7 Å². The third-order valence-corrected chi connectivity index (χ3v) is 4.85. The minimum absolute atomic E-state index is 0.197. The Kier molecular flexibility index (Phi) is 7.82. The highest BCUT2D eigenvalue weighted by Crippen LogP contribution is 2.18. The summed E-state index contributed by atoms with van der Waals surface area (Å²) in [5.74, 6) is 1.30. The van der Waals surface area contributed by atoms with Crippen molar-refractivity contribution in [1.29, 1.82) is 0 Å². The molecule has 5 heteroatoms. The van der Waals surface area contributed by atoms with Gasteiger partial charge in [0.2, 0.25) is 0 Å². The van der Waals surface area contributed by atoms with E-state index in [9.17, 15) is 9.50 Å². The lowest BCUT2D eigenvalue weighted by Crippen LogP contribution is -2.35. The van der Waals surface area contributed by atoms with Crippen LogP contribution in [0.5, 0.6) is 11.5 Å². The molecular formula is C25H28FNO3. The first-order chi connectivity index (χ1) is 14.5. The van der Waals surface area contributed by atoms with Crippen molar-refractivity contribution >= 4 is 0 Å². The molecule has 0 spiro atoms. The van der Waals surface area contributed by atoms with E-state index in [2.05, 4.69) is 4.90 Å². The Morgan fingerprint density at radius 1 is 0.933 bits per heavy atom. The molecule has 0 aliphatic rings. The number of ether oxygens (including phenoxy) is 2.